The number of hydrogen-bond donors (Lipinski definition) is 1. The lowest BCUT2D eigenvalue weighted by atomic mass is 9.79. The number of imidazole rings is 1. The van der Waals surface area contributed by atoms with Crippen LogP contribution in [0.5, 0.6) is 5.75 Å². The Morgan fingerprint density at radius 1 is 1.21 bits per heavy atom. The molecule has 0 amide bonds. The summed E-state index contributed by atoms with van der Waals surface area (Å²) in [5.74, 6) is -3.34. The first-order valence-electron chi connectivity index (χ1n) is 12.6. The molecular weight excluding hydrogens is 511 g/mol. The highest BCUT2D eigenvalue weighted by atomic mass is 19.2. The summed E-state index contributed by atoms with van der Waals surface area (Å²) in [5.41, 5.74) is -0.712. The molecule has 3 heterocycles. The van der Waals surface area contributed by atoms with Crippen molar-refractivity contribution in [2.45, 2.75) is 64.7 Å². The number of aromatic nitrogens is 5. The summed E-state index contributed by atoms with van der Waals surface area (Å²) in [7, 11) is 1.54. The zero-order chi connectivity index (χ0) is 28.5. The minimum atomic E-state index is -1.60. The first kappa shape index (κ1) is 28.2. The molecule has 0 fully saturated rings. The third-order valence-electron chi connectivity index (χ3n) is 6.89. The van der Waals surface area contributed by atoms with Crippen molar-refractivity contribution in [1.82, 2.24) is 24.3 Å². The molecule has 4 rings (SSSR count). The second kappa shape index (κ2) is 10.7. The number of aliphatic hydroxyl groups is 1. The summed E-state index contributed by atoms with van der Waals surface area (Å²) in [6.45, 7) is 11.4. The highest BCUT2D eigenvalue weighted by molar-refractivity contribution is 5.69. The van der Waals surface area contributed by atoms with Gasteiger partial charge in [-0.25, -0.2) is 18.2 Å². The lowest BCUT2D eigenvalue weighted by Gasteiger charge is -2.44. The van der Waals surface area contributed by atoms with Gasteiger partial charge in [0.25, 0.3) is 0 Å². The molecule has 0 radical (unpaired) electrons. The van der Waals surface area contributed by atoms with Crippen LogP contribution in [0.25, 0.3) is 11.3 Å². The number of halogens is 3. The smallest absolute Gasteiger partial charge is 0.196 e. The lowest BCUT2D eigenvalue weighted by molar-refractivity contribution is -0.138. The number of nitrogens with zero attached hydrogens (tertiary/aromatic N) is 5. The molecule has 3 aromatic rings. The van der Waals surface area contributed by atoms with E-state index in [2.05, 4.69) is 21.8 Å². The maximum absolute atomic E-state index is 14.0. The van der Waals surface area contributed by atoms with Crippen LogP contribution in [0, 0.1) is 24.4 Å². The van der Waals surface area contributed by atoms with Crippen LogP contribution in [0.4, 0.5) is 13.2 Å². The molecule has 208 valence electrons. The average Bonchev–Trinajstić information content (AvgIpc) is 3.51. The fourth-order valence-electron chi connectivity index (χ4n) is 4.75. The molecule has 0 spiro atoms. The Morgan fingerprint density at radius 2 is 1.90 bits per heavy atom. The molecule has 8 nitrogen and oxygen atoms in total. The first-order valence-corrected chi connectivity index (χ1v) is 12.6. The Bertz CT molecular complexity index is 1430. The Labute approximate surface area is 225 Å². The number of hydrogen-bond acceptors (Lipinski definition) is 6. The molecule has 0 bridgehead atoms. The molecule has 1 unspecified atom stereocenters. The topological polar surface area (TPSA) is 87.2 Å². The number of ether oxygens (including phenoxy) is 2. The van der Waals surface area contributed by atoms with Gasteiger partial charge in [-0.05, 0) is 51.7 Å². The standard InChI is InChI=1S/C28H32F3N5O3/c1-7-19(9-10-23(18(3)38-6)35-15-17(2)32-16-35)25-33-34-26-28(27(4,5)37,11-8-12-36(25)26)39-20-13-21(29)24(31)22(30)14-20/h9-10,13-16,37H,3,7-8,11-12H2,1-2,4-6H3. The molecule has 0 saturated heterocycles. The summed E-state index contributed by atoms with van der Waals surface area (Å²) in [6, 6.07) is 1.51. The van der Waals surface area contributed by atoms with Crippen LogP contribution in [0.3, 0.4) is 0 Å². The number of fused-ring (bicyclic) bond motifs is 1. The third kappa shape index (κ3) is 5.23. The van der Waals surface area contributed by atoms with Crippen LogP contribution in [-0.4, -0.2) is 42.1 Å². The van der Waals surface area contributed by atoms with E-state index in [1.165, 1.54) is 21.0 Å². The number of allylic oxidation sites excluding steroid dienone is 4. The fourth-order valence-corrected chi connectivity index (χ4v) is 4.75. The van der Waals surface area contributed by atoms with Crippen LogP contribution in [0.2, 0.25) is 0 Å². The summed E-state index contributed by atoms with van der Waals surface area (Å²) >= 11 is 0. The fraction of sp³-hybridized carbons (Fsp3) is 0.393. The largest absolute Gasteiger partial charge is 0.495 e. The van der Waals surface area contributed by atoms with Crippen molar-refractivity contribution in [2.75, 3.05) is 7.11 Å². The summed E-state index contributed by atoms with van der Waals surface area (Å²) < 4.78 is 56.7. The van der Waals surface area contributed by atoms with E-state index >= 15 is 0 Å². The zero-order valence-corrected chi connectivity index (χ0v) is 22.6. The summed E-state index contributed by atoms with van der Waals surface area (Å²) in [5, 5.41) is 20.1. The van der Waals surface area contributed by atoms with Gasteiger partial charge in [-0.1, -0.05) is 19.6 Å². The molecule has 1 N–H and O–H groups in total. The minimum Gasteiger partial charge on any atom is -0.495 e. The van der Waals surface area contributed by atoms with Gasteiger partial charge in [-0.2, -0.15) is 0 Å². The van der Waals surface area contributed by atoms with Crippen molar-refractivity contribution in [3.8, 4) is 5.75 Å². The molecule has 1 atom stereocenters. The van der Waals surface area contributed by atoms with Gasteiger partial charge in [0.2, 0.25) is 0 Å². The Kier molecular flexibility index (Phi) is 7.74. The van der Waals surface area contributed by atoms with E-state index in [9.17, 15) is 18.3 Å². The van der Waals surface area contributed by atoms with Gasteiger partial charge in [0.05, 0.1) is 24.8 Å². The molecule has 1 aromatic carbocycles. The zero-order valence-electron chi connectivity index (χ0n) is 22.6. The van der Waals surface area contributed by atoms with E-state index in [0.29, 0.717) is 42.5 Å². The quantitative estimate of drug-likeness (QED) is 0.217. The van der Waals surface area contributed by atoms with E-state index in [1.54, 1.807) is 10.9 Å². The lowest BCUT2D eigenvalue weighted by Crippen LogP contribution is -2.55. The van der Waals surface area contributed by atoms with Crippen molar-refractivity contribution in [3.05, 3.63) is 83.9 Å². The van der Waals surface area contributed by atoms with Crippen LogP contribution >= 0.6 is 0 Å². The maximum atomic E-state index is 14.0. The Balaban J connectivity index is 1.80. The molecule has 0 aliphatic carbocycles. The van der Waals surface area contributed by atoms with Gasteiger partial charge in [-0.3, -0.25) is 0 Å². The third-order valence-corrected chi connectivity index (χ3v) is 6.89. The highest BCUT2D eigenvalue weighted by Crippen LogP contribution is 2.44. The van der Waals surface area contributed by atoms with Gasteiger partial charge in [0.15, 0.2) is 34.7 Å². The van der Waals surface area contributed by atoms with Crippen molar-refractivity contribution >= 4 is 11.3 Å². The van der Waals surface area contributed by atoms with Crippen molar-refractivity contribution in [3.63, 3.8) is 0 Å². The van der Waals surface area contributed by atoms with E-state index in [4.69, 9.17) is 9.47 Å². The number of rotatable bonds is 9. The van der Waals surface area contributed by atoms with E-state index < -0.39 is 28.7 Å². The van der Waals surface area contributed by atoms with Gasteiger partial charge in [0, 0.05) is 24.9 Å². The average molecular weight is 544 g/mol. The molecule has 1 aliphatic rings. The Morgan fingerprint density at radius 3 is 2.46 bits per heavy atom. The molecular formula is C28H32F3N5O3. The number of aryl methyl sites for hydroxylation is 1. The number of benzene rings is 1. The molecule has 1 aliphatic heterocycles. The molecule has 0 saturated carbocycles. The Hall–Kier alpha value is -3.86. The van der Waals surface area contributed by atoms with E-state index in [-0.39, 0.29) is 12.2 Å². The van der Waals surface area contributed by atoms with Crippen molar-refractivity contribution < 1.29 is 27.8 Å². The minimum absolute atomic E-state index is 0.265. The normalized spacial score (nSPS) is 18.2. The maximum Gasteiger partial charge on any atom is 0.196 e. The predicted octanol–water partition coefficient (Wildman–Crippen LogP) is 5.53. The summed E-state index contributed by atoms with van der Waals surface area (Å²) in [4.78, 5) is 4.27. The SMILES string of the molecule is C=C(OC)C(=CC=C(CC)c1nnc2n1CCCC2(Oc1cc(F)c(F)c(F)c1)C(C)(C)O)n1cnc(C)c1. The van der Waals surface area contributed by atoms with Crippen LogP contribution in [0.1, 0.15) is 57.4 Å². The number of methoxy groups -OCH3 is 1. The van der Waals surface area contributed by atoms with Crippen LogP contribution < -0.4 is 4.74 Å². The monoisotopic (exact) mass is 543 g/mol. The van der Waals surface area contributed by atoms with Crippen molar-refractivity contribution in [1.29, 1.82) is 0 Å². The second-order valence-corrected chi connectivity index (χ2v) is 9.94. The van der Waals surface area contributed by atoms with Gasteiger partial charge in [-0.15, -0.1) is 10.2 Å². The van der Waals surface area contributed by atoms with E-state index in [0.717, 1.165) is 23.4 Å². The van der Waals surface area contributed by atoms with E-state index in [1.807, 2.05) is 36.8 Å². The highest BCUT2D eigenvalue weighted by Gasteiger charge is 2.53. The van der Waals surface area contributed by atoms with Gasteiger partial charge in [0.1, 0.15) is 17.1 Å². The second-order valence-electron chi connectivity index (χ2n) is 9.94. The first-order chi connectivity index (χ1) is 18.4. The predicted molar refractivity (Wildman–Crippen MR) is 140 cm³/mol. The van der Waals surface area contributed by atoms with Gasteiger partial charge < -0.3 is 23.7 Å². The van der Waals surface area contributed by atoms with Crippen LogP contribution in [-0.2, 0) is 16.9 Å². The molecule has 11 heteroatoms. The summed E-state index contributed by atoms with van der Waals surface area (Å²) in [6.07, 6.45) is 8.69. The van der Waals surface area contributed by atoms with Crippen molar-refractivity contribution in [2.24, 2.45) is 0 Å². The molecule has 39 heavy (non-hydrogen) atoms. The van der Waals surface area contributed by atoms with Crippen LogP contribution in [0.15, 0.2) is 49.1 Å². The van der Waals surface area contributed by atoms with Gasteiger partial charge >= 0.3 is 0 Å². The molecule has 2 aromatic heterocycles.